The van der Waals surface area contributed by atoms with Crippen molar-refractivity contribution in [2.75, 3.05) is 0 Å². The highest BCUT2D eigenvalue weighted by molar-refractivity contribution is 6.10. The van der Waals surface area contributed by atoms with Crippen LogP contribution in [-0.2, 0) is 16.2 Å². The van der Waals surface area contributed by atoms with Gasteiger partial charge in [0.15, 0.2) is 0 Å². The number of carboxylic acid groups (broad SMARTS) is 1. The summed E-state index contributed by atoms with van der Waals surface area (Å²) < 4.78 is 5.71. The van der Waals surface area contributed by atoms with Crippen molar-refractivity contribution in [1.82, 2.24) is 5.43 Å². The Kier molecular flexibility index (Phi) is 4.56. The Morgan fingerprint density at radius 2 is 1.88 bits per heavy atom. The van der Waals surface area contributed by atoms with Crippen molar-refractivity contribution in [2.24, 2.45) is 11.0 Å². The zero-order valence-electron chi connectivity index (χ0n) is 12.8. The number of hydrogen-bond acceptors (Lipinski definition) is 4. The third kappa shape index (κ3) is 3.60. The van der Waals surface area contributed by atoms with Gasteiger partial charge in [-0.15, -0.1) is 0 Å². The van der Waals surface area contributed by atoms with Crippen LogP contribution in [0.15, 0.2) is 59.7 Å². The number of hydrogen-bond donors (Lipinski definition) is 2. The van der Waals surface area contributed by atoms with Crippen LogP contribution in [0.25, 0.3) is 0 Å². The number of nitrogens with zero attached hydrogens (tertiary/aromatic N) is 1. The first kappa shape index (κ1) is 15.7. The van der Waals surface area contributed by atoms with Gasteiger partial charge in [-0.2, -0.15) is 5.10 Å². The lowest BCUT2D eigenvalue weighted by Gasteiger charge is -2.18. The maximum Gasteiger partial charge on any atom is 0.316 e. The van der Waals surface area contributed by atoms with Crippen LogP contribution in [0.3, 0.4) is 0 Å². The van der Waals surface area contributed by atoms with Crippen molar-refractivity contribution in [1.29, 1.82) is 0 Å². The Bertz CT molecular complexity index is 769. The van der Waals surface area contributed by atoms with Gasteiger partial charge in [-0.1, -0.05) is 30.3 Å². The molecule has 0 aliphatic carbocycles. The molecular weight excluding hydrogens is 308 g/mol. The van der Waals surface area contributed by atoms with Gasteiger partial charge in [0, 0.05) is 6.42 Å². The molecule has 6 nitrogen and oxygen atoms in total. The Hall–Kier alpha value is -3.15. The van der Waals surface area contributed by atoms with Gasteiger partial charge in [0.2, 0.25) is 0 Å². The molecule has 6 heteroatoms. The second-order valence-electron chi connectivity index (χ2n) is 5.43. The van der Waals surface area contributed by atoms with Gasteiger partial charge in [0.25, 0.3) is 5.91 Å². The second-order valence-corrected chi connectivity index (χ2v) is 5.43. The molecule has 0 fully saturated rings. The predicted octanol–water partition coefficient (Wildman–Crippen LogP) is 2.19. The molecule has 1 aliphatic heterocycles. The quantitative estimate of drug-likeness (QED) is 0.825. The molecule has 1 unspecified atom stereocenters. The average Bonchev–Trinajstić information content (AvgIpc) is 2.61. The van der Waals surface area contributed by atoms with Gasteiger partial charge in [0.05, 0.1) is 5.71 Å². The average molecular weight is 324 g/mol. The Balaban J connectivity index is 1.66. The van der Waals surface area contributed by atoms with E-state index in [9.17, 15) is 9.59 Å². The van der Waals surface area contributed by atoms with Gasteiger partial charge < -0.3 is 9.84 Å². The molecule has 0 bridgehead atoms. The number of nitrogens with one attached hydrogen (secondary N) is 1. The third-order valence-corrected chi connectivity index (χ3v) is 3.75. The molecule has 1 heterocycles. The topological polar surface area (TPSA) is 88.0 Å². The van der Waals surface area contributed by atoms with Gasteiger partial charge in [-0.3, -0.25) is 9.59 Å². The van der Waals surface area contributed by atoms with E-state index in [-0.39, 0.29) is 6.42 Å². The number of carboxylic acids is 1. The molecule has 0 spiro atoms. The highest BCUT2D eigenvalue weighted by atomic mass is 16.5. The molecule has 1 amide bonds. The van der Waals surface area contributed by atoms with Gasteiger partial charge >= 0.3 is 5.97 Å². The molecular formula is C18H16N2O4. The minimum absolute atomic E-state index is 0.0748. The van der Waals surface area contributed by atoms with Crippen molar-refractivity contribution in [3.8, 4) is 5.75 Å². The number of carbonyl (C=O) groups is 2. The summed E-state index contributed by atoms with van der Waals surface area (Å²) in [7, 11) is 0. The van der Waals surface area contributed by atoms with Gasteiger partial charge in [-0.05, 0) is 35.4 Å². The van der Waals surface area contributed by atoms with E-state index in [4.69, 9.17) is 9.84 Å². The van der Waals surface area contributed by atoms with Crippen molar-refractivity contribution in [2.45, 2.75) is 13.0 Å². The summed E-state index contributed by atoms with van der Waals surface area (Å²) >= 11 is 0. The summed E-state index contributed by atoms with van der Waals surface area (Å²) in [6.45, 7) is 0.471. The maximum atomic E-state index is 11.5. The number of benzene rings is 2. The summed E-state index contributed by atoms with van der Waals surface area (Å²) in [5.74, 6) is -2.14. The standard InChI is InChI=1S/C18H16N2O4/c21-17-15(18(22)23)10-16(19-20-17)13-6-8-14(9-7-13)24-11-12-4-2-1-3-5-12/h1-9,15H,10-11H2,(H,20,21)(H,22,23). The number of ether oxygens (including phenoxy) is 1. The number of amides is 1. The van der Waals surface area contributed by atoms with Crippen LogP contribution < -0.4 is 10.2 Å². The largest absolute Gasteiger partial charge is 0.489 e. The smallest absolute Gasteiger partial charge is 0.316 e. The first-order valence-electron chi connectivity index (χ1n) is 7.50. The molecule has 1 aliphatic rings. The van der Waals surface area contributed by atoms with E-state index in [1.54, 1.807) is 24.3 Å². The summed E-state index contributed by atoms with van der Waals surface area (Å²) in [6, 6.07) is 17.0. The lowest BCUT2D eigenvalue weighted by molar-refractivity contribution is -0.146. The van der Waals surface area contributed by atoms with Crippen LogP contribution in [0.1, 0.15) is 17.5 Å². The minimum atomic E-state index is -1.15. The fourth-order valence-electron chi connectivity index (χ4n) is 2.40. The number of carbonyl (C=O) groups excluding carboxylic acids is 1. The van der Waals surface area contributed by atoms with E-state index in [1.807, 2.05) is 30.3 Å². The van der Waals surface area contributed by atoms with E-state index in [0.29, 0.717) is 18.1 Å². The van der Waals surface area contributed by atoms with E-state index in [1.165, 1.54) is 0 Å². The zero-order chi connectivity index (χ0) is 16.9. The number of aliphatic carboxylic acids is 1. The van der Waals surface area contributed by atoms with Gasteiger partial charge in [-0.25, -0.2) is 5.43 Å². The molecule has 2 N–H and O–H groups in total. The first-order valence-corrected chi connectivity index (χ1v) is 7.50. The fraction of sp³-hybridized carbons (Fsp3) is 0.167. The van der Waals surface area contributed by atoms with E-state index in [0.717, 1.165) is 11.1 Å². The second kappa shape index (κ2) is 6.95. The van der Waals surface area contributed by atoms with Crippen molar-refractivity contribution >= 4 is 17.6 Å². The van der Waals surface area contributed by atoms with E-state index < -0.39 is 17.8 Å². The zero-order valence-corrected chi connectivity index (χ0v) is 12.8. The molecule has 2 aromatic carbocycles. The monoisotopic (exact) mass is 324 g/mol. The molecule has 0 saturated heterocycles. The van der Waals surface area contributed by atoms with Crippen LogP contribution >= 0.6 is 0 Å². The third-order valence-electron chi connectivity index (χ3n) is 3.75. The van der Waals surface area contributed by atoms with Crippen LogP contribution in [0.5, 0.6) is 5.75 Å². The first-order chi connectivity index (χ1) is 11.6. The fourth-order valence-corrected chi connectivity index (χ4v) is 2.40. The van der Waals surface area contributed by atoms with Crippen molar-refractivity contribution in [3.63, 3.8) is 0 Å². The summed E-state index contributed by atoms with van der Waals surface area (Å²) in [6.07, 6.45) is 0.0748. The molecule has 1 atom stereocenters. The summed E-state index contributed by atoms with van der Waals surface area (Å²) in [5, 5.41) is 13.0. The Labute approximate surface area is 138 Å². The van der Waals surface area contributed by atoms with E-state index in [2.05, 4.69) is 10.5 Å². The normalized spacial score (nSPS) is 16.9. The summed E-state index contributed by atoms with van der Waals surface area (Å²) in [4.78, 5) is 22.5. The Morgan fingerprint density at radius 1 is 1.17 bits per heavy atom. The molecule has 2 aromatic rings. The van der Waals surface area contributed by atoms with Crippen molar-refractivity contribution in [3.05, 3.63) is 65.7 Å². The SMILES string of the molecule is O=C(O)C1CC(c2ccc(OCc3ccccc3)cc2)=NNC1=O. The highest BCUT2D eigenvalue weighted by Crippen LogP contribution is 2.19. The van der Waals surface area contributed by atoms with E-state index >= 15 is 0 Å². The molecule has 3 rings (SSSR count). The number of rotatable bonds is 5. The molecule has 0 saturated carbocycles. The van der Waals surface area contributed by atoms with Crippen LogP contribution in [0, 0.1) is 5.92 Å². The minimum Gasteiger partial charge on any atom is -0.489 e. The van der Waals surface area contributed by atoms with Crippen LogP contribution in [-0.4, -0.2) is 22.7 Å². The molecule has 0 aromatic heterocycles. The lowest BCUT2D eigenvalue weighted by atomic mass is 9.96. The molecule has 0 radical (unpaired) electrons. The maximum absolute atomic E-state index is 11.5. The molecule has 24 heavy (non-hydrogen) atoms. The highest BCUT2D eigenvalue weighted by Gasteiger charge is 2.31. The predicted molar refractivity (Wildman–Crippen MR) is 87.6 cm³/mol. The number of hydrazone groups is 1. The summed E-state index contributed by atoms with van der Waals surface area (Å²) in [5.41, 5.74) is 4.63. The van der Waals surface area contributed by atoms with Crippen LogP contribution in [0.2, 0.25) is 0 Å². The van der Waals surface area contributed by atoms with Crippen molar-refractivity contribution < 1.29 is 19.4 Å². The lowest BCUT2D eigenvalue weighted by Crippen LogP contribution is -2.39. The van der Waals surface area contributed by atoms with Crippen LogP contribution in [0.4, 0.5) is 0 Å². The molecule has 122 valence electrons. The Morgan fingerprint density at radius 3 is 2.54 bits per heavy atom. The van der Waals surface area contributed by atoms with Gasteiger partial charge in [0.1, 0.15) is 18.3 Å².